The smallest absolute Gasteiger partial charge is 0.123 e. The van der Waals surface area contributed by atoms with Crippen LogP contribution in [0.15, 0.2) is 48.5 Å². The third-order valence-corrected chi connectivity index (χ3v) is 2.80. The molecule has 0 saturated heterocycles. The molecule has 2 aromatic carbocycles. The molecule has 1 atom stereocenters. The molecule has 0 aliphatic heterocycles. The molecule has 0 fully saturated rings. The van der Waals surface area contributed by atoms with E-state index in [0.717, 1.165) is 5.56 Å². The highest BCUT2D eigenvalue weighted by atomic mass is 19.1. The normalized spacial score (nSPS) is 12.3. The first-order valence-corrected chi connectivity index (χ1v) is 6.06. The molecule has 0 aliphatic rings. The molecule has 0 radical (unpaired) electrons. The number of rotatable bonds is 5. The van der Waals surface area contributed by atoms with Gasteiger partial charge in [-0.1, -0.05) is 30.3 Å². The SMILES string of the molecule is CC(NOCc1ccccc1)c1cc(F)ccc1O. The number of benzene rings is 2. The van der Waals surface area contributed by atoms with Gasteiger partial charge in [0.25, 0.3) is 0 Å². The molecule has 4 heteroatoms. The van der Waals surface area contributed by atoms with Gasteiger partial charge in [0, 0.05) is 5.56 Å². The van der Waals surface area contributed by atoms with Crippen molar-refractivity contribution in [3.63, 3.8) is 0 Å². The zero-order valence-electron chi connectivity index (χ0n) is 10.6. The van der Waals surface area contributed by atoms with Gasteiger partial charge in [0.1, 0.15) is 11.6 Å². The molecule has 2 aromatic rings. The van der Waals surface area contributed by atoms with Crippen LogP contribution in [-0.2, 0) is 11.4 Å². The highest BCUT2D eigenvalue weighted by molar-refractivity contribution is 5.34. The lowest BCUT2D eigenvalue weighted by Crippen LogP contribution is -2.19. The molecule has 0 bridgehead atoms. The molecule has 0 amide bonds. The first kappa shape index (κ1) is 13.5. The quantitative estimate of drug-likeness (QED) is 0.811. The molecular formula is C15H16FNO2. The van der Waals surface area contributed by atoms with Crippen molar-refractivity contribution in [2.24, 2.45) is 0 Å². The average molecular weight is 261 g/mol. The molecule has 0 heterocycles. The maximum atomic E-state index is 13.1. The standard InChI is InChI=1S/C15H16FNO2/c1-11(14-9-13(16)7-8-15(14)18)17-19-10-12-5-3-2-4-6-12/h2-9,11,17-18H,10H2,1H3. The monoisotopic (exact) mass is 261 g/mol. The van der Waals surface area contributed by atoms with Crippen LogP contribution < -0.4 is 5.48 Å². The van der Waals surface area contributed by atoms with Crippen molar-refractivity contribution >= 4 is 0 Å². The fraction of sp³-hybridized carbons (Fsp3) is 0.200. The summed E-state index contributed by atoms with van der Waals surface area (Å²) in [7, 11) is 0. The van der Waals surface area contributed by atoms with Gasteiger partial charge in [0.15, 0.2) is 0 Å². The van der Waals surface area contributed by atoms with Crippen molar-refractivity contribution in [3.05, 3.63) is 65.5 Å². The summed E-state index contributed by atoms with van der Waals surface area (Å²) >= 11 is 0. The Balaban J connectivity index is 1.91. The zero-order chi connectivity index (χ0) is 13.7. The highest BCUT2D eigenvalue weighted by Gasteiger charge is 2.11. The minimum Gasteiger partial charge on any atom is -0.508 e. The van der Waals surface area contributed by atoms with E-state index in [1.165, 1.54) is 18.2 Å². The predicted molar refractivity (Wildman–Crippen MR) is 70.8 cm³/mol. The van der Waals surface area contributed by atoms with Gasteiger partial charge in [-0.15, -0.1) is 0 Å². The van der Waals surface area contributed by atoms with Crippen molar-refractivity contribution < 1.29 is 14.3 Å². The van der Waals surface area contributed by atoms with Crippen molar-refractivity contribution in [2.45, 2.75) is 19.6 Å². The minimum atomic E-state index is -0.385. The topological polar surface area (TPSA) is 41.5 Å². The summed E-state index contributed by atoms with van der Waals surface area (Å²) in [4.78, 5) is 5.35. The third-order valence-electron chi connectivity index (χ3n) is 2.80. The number of nitrogens with one attached hydrogen (secondary N) is 1. The lowest BCUT2D eigenvalue weighted by atomic mass is 10.1. The van der Waals surface area contributed by atoms with Crippen LogP contribution in [0.5, 0.6) is 5.75 Å². The Morgan fingerprint density at radius 3 is 2.68 bits per heavy atom. The van der Waals surface area contributed by atoms with Gasteiger partial charge in [0.2, 0.25) is 0 Å². The van der Waals surface area contributed by atoms with Crippen LogP contribution in [0.25, 0.3) is 0 Å². The van der Waals surface area contributed by atoms with E-state index >= 15 is 0 Å². The summed E-state index contributed by atoms with van der Waals surface area (Å²) < 4.78 is 13.1. The second-order valence-corrected chi connectivity index (χ2v) is 4.32. The molecule has 0 spiro atoms. The Bertz CT molecular complexity index is 531. The second-order valence-electron chi connectivity index (χ2n) is 4.32. The number of hydrogen-bond donors (Lipinski definition) is 2. The fourth-order valence-electron chi connectivity index (χ4n) is 1.76. The molecule has 1 unspecified atom stereocenters. The Kier molecular flexibility index (Phi) is 4.49. The molecule has 3 nitrogen and oxygen atoms in total. The summed E-state index contributed by atoms with van der Waals surface area (Å²) in [5, 5.41) is 9.66. The number of phenols is 1. The number of halogens is 1. The van der Waals surface area contributed by atoms with Crippen molar-refractivity contribution in [1.29, 1.82) is 0 Å². The Morgan fingerprint density at radius 2 is 1.95 bits per heavy atom. The fourth-order valence-corrected chi connectivity index (χ4v) is 1.76. The summed E-state index contributed by atoms with van der Waals surface area (Å²) in [6, 6.07) is 13.2. The molecular weight excluding hydrogens is 245 g/mol. The molecule has 0 aliphatic carbocycles. The Morgan fingerprint density at radius 1 is 1.21 bits per heavy atom. The van der Waals surface area contributed by atoms with Gasteiger partial charge in [-0.3, -0.25) is 4.84 Å². The van der Waals surface area contributed by atoms with Crippen LogP contribution in [-0.4, -0.2) is 5.11 Å². The summed E-state index contributed by atoms with van der Waals surface area (Å²) in [5.41, 5.74) is 4.29. The van der Waals surface area contributed by atoms with Gasteiger partial charge in [0.05, 0.1) is 12.6 Å². The van der Waals surface area contributed by atoms with Crippen LogP contribution >= 0.6 is 0 Å². The van der Waals surface area contributed by atoms with E-state index in [0.29, 0.717) is 12.2 Å². The van der Waals surface area contributed by atoms with E-state index in [2.05, 4.69) is 5.48 Å². The minimum absolute atomic E-state index is 0.0460. The van der Waals surface area contributed by atoms with Crippen LogP contribution in [0.4, 0.5) is 4.39 Å². The van der Waals surface area contributed by atoms with Gasteiger partial charge < -0.3 is 5.11 Å². The highest BCUT2D eigenvalue weighted by Crippen LogP contribution is 2.24. The number of aromatic hydroxyl groups is 1. The van der Waals surface area contributed by atoms with Crippen LogP contribution in [0.3, 0.4) is 0 Å². The number of hydroxylamine groups is 1. The summed E-state index contributed by atoms with van der Waals surface area (Å²) in [6.45, 7) is 2.20. The Hall–Kier alpha value is -1.91. The van der Waals surface area contributed by atoms with E-state index in [-0.39, 0.29) is 17.6 Å². The summed E-state index contributed by atoms with van der Waals surface area (Å²) in [6.07, 6.45) is 0. The molecule has 0 saturated carbocycles. The Labute approximate surface area is 111 Å². The molecule has 100 valence electrons. The van der Waals surface area contributed by atoms with Crippen molar-refractivity contribution in [1.82, 2.24) is 5.48 Å². The molecule has 0 aromatic heterocycles. The van der Waals surface area contributed by atoms with Crippen molar-refractivity contribution in [2.75, 3.05) is 0 Å². The van der Waals surface area contributed by atoms with Crippen LogP contribution in [0.1, 0.15) is 24.1 Å². The van der Waals surface area contributed by atoms with E-state index < -0.39 is 0 Å². The number of phenolic OH excluding ortho intramolecular Hbond substituents is 1. The average Bonchev–Trinajstić information content (AvgIpc) is 2.42. The molecule has 2 N–H and O–H groups in total. The van der Waals surface area contributed by atoms with Gasteiger partial charge in [-0.25, -0.2) is 4.39 Å². The lowest BCUT2D eigenvalue weighted by Gasteiger charge is -2.15. The van der Waals surface area contributed by atoms with E-state index in [1.807, 2.05) is 30.3 Å². The first-order valence-electron chi connectivity index (χ1n) is 6.06. The maximum Gasteiger partial charge on any atom is 0.123 e. The van der Waals surface area contributed by atoms with Crippen molar-refractivity contribution in [3.8, 4) is 5.75 Å². The van der Waals surface area contributed by atoms with Crippen LogP contribution in [0, 0.1) is 5.82 Å². The summed E-state index contributed by atoms with van der Waals surface area (Å²) in [5.74, 6) is -0.339. The lowest BCUT2D eigenvalue weighted by molar-refractivity contribution is 0.00649. The second kappa shape index (κ2) is 6.31. The van der Waals surface area contributed by atoms with Gasteiger partial charge in [-0.2, -0.15) is 5.48 Å². The van der Waals surface area contributed by atoms with Gasteiger partial charge in [-0.05, 0) is 30.7 Å². The van der Waals surface area contributed by atoms with E-state index in [4.69, 9.17) is 4.84 Å². The number of hydrogen-bond acceptors (Lipinski definition) is 3. The van der Waals surface area contributed by atoms with Gasteiger partial charge >= 0.3 is 0 Å². The molecule has 2 rings (SSSR count). The molecule has 19 heavy (non-hydrogen) atoms. The van der Waals surface area contributed by atoms with E-state index in [9.17, 15) is 9.50 Å². The first-order chi connectivity index (χ1) is 9.16. The maximum absolute atomic E-state index is 13.1. The van der Waals surface area contributed by atoms with Crippen LogP contribution in [0.2, 0.25) is 0 Å². The largest absolute Gasteiger partial charge is 0.508 e. The zero-order valence-corrected chi connectivity index (χ0v) is 10.6. The third kappa shape index (κ3) is 3.77. The predicted octanol–water partition coefficient (Wildman–Crippen LogP) is 3.31. The van der Waals surface area contributed by atoms with E-state index in [1.54, 1.807) is 6.92 Å².